The van der Waals surface area contributed by atoms with E-state index in [1.54, 1.807) is 36.3 Å². The van der Waals surface area contributed by atoms with Crippen LogP contribution >= 0.6 is 11.3 Å². The maximum Gasteiger partial charge on any atom is 0.341 e. The van der Waals surface area contributed by atoms with Crippen LogP contribution in [0.25, 0.3) is 0 Å². The van der Waals surface area contributed by atoms with E-state index in [0.29, 0.717) is 36.1 Å². The second-order valence-electron chi connectivity index (χ2n) is 7.52. The summed E-state index contributed by atoms with van der Waals surface area (Å²) >= 11 is 1.80. The second kappa shape index (κ2) is 9.93. The average Bonchev–Trinajstić information content (AvgIpc) is 3.36. The van der Waals surface area contributed by atoms with Gasteiger partial charge in [0.2, 0.25) is 0 Å². The average molecular weight is 420 g/mol. The molecule has 0 unspecified atom stereocenters. The number of piperidine rings is 1. The van der Waals surface area contributed by atoms with Gasteiger partial charge < -0.3 is 19.4 Å². The van der Waals surface area contributed by atoms with Crippen molar-refractivity contribution in [2.45, 2.75) is 32.9 Å². The molecule has 0 aliphatic carbocycles. The quantitative estimate of drug-likeness (QED) is 0.696. The Hall–Kier alpha value is -2.32. The Labute approximate surface area is 175 Å². The first kappa shape index (κ1) is 21.4. The number of carbonyl (C=O) groups is 2. The van der Waals surface area contributed by atoms with Crippen molar-refractivity contribution in [3.8, 4) is 0 Å². The van der Waals surface area contributed by atoms with Crippen molar-refractivity contribution in [3.05, 3.63) is 45.5 Å². The van der Waals surface area contributed by atoms with Gasteiger partial charge in [-0.3, -0.25) is 4.90 Å². The summed E-state index contributed by atoms with van der Waals surface area (Å²) in [6.45, 7) is 5.84. The molecular weight excluding hydrogens is 390 g/mol. The molecule has 29 heavy (non-hydrogen) atoms. The first-order valence-electron chi connectivity index (χ1n) is 9.87. The smallest absolute Gasteiger partial charge is 0.341 e. The van der Waals surface area contributed by atoms with Crippen molar-refractivity contribution in [1.82, 2.24) is 15.1 Å². The lowest BCUT2D eigenvalue weighted by Crippen LogP contribution is -2.42. The van der Waals surface area contributed by atoms with Crippen molar-refractivity contribution in [1.29, 1.82) is 0 Å². The fourth-order valence-corrected chi connectivity index (χ4v) is 4.32. The van der Waals surface area contributed by atoms with Crippen LogP contribution < -0.4 is 5.32 Å². The molecule has 158 valence electrons. The molecule has 1 aliphatic rings. The topological polar surface area (TPSA) is 75.0 Å². The molecule has 0 aromatic carbocycles. The van der Waals surface area contributed by atoms with Crippen LogP contribution in [0.4, 0.5) is 4.79 Å². The third-order valence-electron chi connectivity index (χ3n) is 5.32. The summed E-state index contributed by atoms with van der Waals surface area (Å²) in [4.78, 5) is 29.5. The van der Waals surface area contributed by atoms with Gasteiger partial charge in [-0.15, -0.1) is 11.3 Å². The van der Waals surface area contributed by atoms with Gasteiger partial charge in [-0.2, -0.15) is 0 Å². The minimum atomic E-state index is -0.435. The maximum atomic E-state index is 12.4. The van der Waals surface area contributed by atoms with E-state index in [1.165, 1.54) is 12.0 Å². The summed E-state index contributed by atoms with van der Waals surface area (Å²) in [5.41, 5.74) is 0.394. The van der Waals surface area contributed by atoms with E-state index < -0.39 is 5.97 Å². The Bertz CT molecular complexity index is 810. The number of methoxy groups -OCH3 is 1. The number of ether oxygens (including phenoxy) is 1. The molecule has 1 aliphatic heterocycles. The van der Waals surface area contributed by atoms with Crippen LogP contribution in [0, 0.1) is 12.8 Å². The van der Waals surface area contributed by atoms with Crippen LogP contribution in [0.15, 0.2) is 28.0 Å². The number of nitrogens with zero attached hydrogens (tertiary/aromatic N) is 2. The zero-order chi connectivity index (χ0) is 20.8. The lowest BCUT2D eigenvalue weighted by Gasteiger charge is -2.32. The van der Waals surface area contributed by atoms with E-state index in [2.05, 4.69) is 27.7 Å². The number of amides is 2. The van der Waals surface area contributed by atoms with E-state index >= 15 is 0 Å². The van der Waals surface area contributed by atoms with Crippen LogP contribution in [0.3, 0.4) is 0 Å². The number of rotatable bonds is 7. The highest BCUT2D eigenvalue weighted by molar-refractivity contribution is 7.09. The Morgan fingerprint density at radius 2 is 2.14 bits per heavy atom. The van der Waals surface area contributed by atoms with E-state index in [0.717, 1.165) is 32.5 Å². The summed E-state index contributed by atoms with van der Waals surface area (Å²) < 4.78 is 10.3. The molecular formula is C21H29N3O4S. The summed E-state index contributed by atoms with van der Waals surface area (Å²) in [5.74, 6) is 1.12. The molecule has 3 rings (SSSR count). The van der Waals surface area contributed by atoms with Crippen LogP contribution in [-0.4, -0.2) is 55.6 Å². The summed E-state index contributed by atoms with van der Waals surface area (Å²) in [6, 6.07) is 5.77. The van der Waals surface area contributed by atoms with Crippen molar-refractivity contribution in [2.75, 3.05) is 33.8 Å². The number of likely N-dealkylation sites (tertiary alicyclic amines) is 1. The van der Waals surface area contributed by atoms with E-state index in [9.17, 15) is 9.59 Å². The van der Waals surface area contributed by atoms with Gasteiger partial charge in [0.25, 0.3) is 0 Å². The molecule has 0 atom stereocenters. The Kier molecular flexibility index (Phi) is 7.33. The highest BCUT2D eigenvalue weighted by atomic mass is 32.1. The molecule has 2 amide bonds. The SMILES string of the molecule is COC(=O)c1cc(CN(C)C(=O)NCC2CCN(Cc3cccs3)CC2)oc1C. The van der Waals surface area contributed by atoms with Crippen LogP contribution in [-0.2, 0) is 17.8 Å². The summed E-state index contributed by atoms with van der Waals surface area (Å²) in [6.07, 6.45) is 2.18. The highest BCUT2D eigenvalue weighted by Gasteiger charge is 2.21. The molecule has 0 spiro atoms. The van der Waals surface area contributed by atoms with E-state index in [-0.39, 0.29) is 6.03 Å². The monoisotopic (exact) mass is 419 g/mol. The van der Waals surface area contributed by atoms with Gasteiger partial charge in [-0.05, 0) is 56.3 Å². The Morgan fingerprint density at radius 3 is 2.79 bits per heavy atom. The van der Waals surface area contributed by atoms with E-state index in [1.807, 2.05) is 0 Å². The zero-order valence-electron chi connectivity index (χ0n) is 17.3. The Morgan fingerprint density at radius 1 is 1.38 bits per heavy atom. The number of esters is 1. The standard InChI is InChI=1S/C21H29N3O4S/c1-15-19(20(25)27-3)11-17(28-15)13-23(2)21(26)22-12-16-6-8-24(9-7-16)14-18-5-4-10-29-18/h4-5,10-11,16H,6-9,12-14H2,1-3H3,(H,22,26). The molecule has 3 heterocycles. The van der Waals surface area contributed by atoms with Gasteiger partial charge >= 0.3 is 12.0 Å². The van der Waals surface area contributed by atoms with Gasteiger partial charge in [-0.1, -0.05) is 6.07 Å². The zero-order valence-corrected chi connectivity index (χ0v) is 18.1. The van der Waals surface area contributed by atoms with Crippen LogP contribution in [0.2, 0.25) is 0 Å². The van der Waals surface area contributed by atoms with Crippen molar-refractivity contribution in [3.63, 3.8) is 0 Å². The highest BCUT2D eigenvalue weighted by Crippen LogP contribution is 2.20. The molecule has 0 bridgehead atoms. The lowest BCUT2D eigenvalue weighted by molar-refractivity contribution is 0.0598. The third kappa shape index (κ3) is 5.83. The maximum absolute atomic E-state index is 12.4. The minimum absolute atomic E-state index is 0.139. The Balaban J connectivity index is 1.40. The molecule has 2 aromatic heterocycles. The van der Waals surface area contributed by atoms with Gasteiger partial charge in [0.15, 0.2) is 0 Å². The summed E-state index contributed by atoms with van der Waals surface area (Å²) in [5, 5.41) is 5.14. The number of hydrogen-bond donors (Lipinski definition) is 1. The normalized spacial score (nSPS) is 15.3. The predicted octanol–water partition coefficient (Wildman–Crippen LogP) is 3.49. The van der Waals surface area contributed by atoms with Crippen LogP contribution in [0.1, 0.15) is 39.6 Å². The van der Waals surface area contributed by atoms with Gasteiger partial charge in [-0.25, -0.2) is 9.59 Å². The summed E-state index contributed by atoms with van der Waals surface area (Å²) in [7, 11) is 3.05. The first-order chi connectivity index (χ1) is 14.0. The fraction of sp³-hybridized carbons (Fsp3) is 0.524. The number of thiophene rings is 1. The van der Waals surface area contributed by atoms with Crippen molar-refractivity contribution in [2.24, 2.45) is 5.92 Å². The molecule has 8 heteroatoms. The minimum Gasteiger partial charge on any atom is -0.465 e. The predicted molar refractivity (Wildman–Crippen MR) is 112 cm³/mol. The first-order valence-corrected chi connectivity index (χ1v) is 10.8. The molecule has 1 fully saturated rings. The van der Waals surface area contributed by atoms with Gasteiger partial charge in [0.1, 0.15) is 17.1 Å². The lowest BCUT2D eigenvalue weighted by atomic mass is 9.97. The third-order valence-corrected chi connectivity index (χ3v) is 6.18. The van der Waals surface area contributed by atoms with E-state index in [4.69, 9.17) is 9.15 Å². The van der Waals surface area contributed by atoms with Crippen molar-refractivity contribution >= 4 is 23.3 Å². The number of urea groups is 1. The van der Waals surface area contributed by atoms with Crippen molar-refractivity contribution < 1.29 is 18.7 Å². The molecule has 0 radical (unpaired) electrons. The number of furan rings is 1. The van der Waals surface area contributed by atoms with Gasteiger partial charge in [0, 0.05) is 25.0 Å². The molecule has 1 saturated heterocycles. The fourth-order valence-electron chi connectivity index (χ4n) is 3.58. The van der Waals surface area contributed by atoms with Crippen LogP contribution in [0.5, 0.6) is 0 Å². The number of nitrogens with one attached hydrogen (secondary N) is 1. The number of aryl methyl sites for hydroxylation is 1. The molecule has 7 nitrogen and oxygen atoms in total. The molecule has 1 N–H and O–H groups in total. The number of carbonyl (C=O) groups excluding carboxylic acids is 2. The number of hydrogen-bond acceptors (Lipinski definition) is 6. The van der Waals surface area contributed by atoms with Gasteiger partial charge in [0.05, 0.1) is 13.7 Å². The molecule has 0 saturated carbocycles. The second-order valence-corrected chi connectivity index (χ2v) is 8.55. The molecule has 2 aromatic rings. The largest absolute Gasteiger partial charge is 0.465 e.